The van der Waals surface area contributed by atoms with E-state index >= 15 is 0 Å². The third-order valence-corrected chi connectivity index (χ3v) is 3.60. The van der Waals surface area contributed by atoms with E-state index in [2.05, 4.69) is 10.2 Å². The van der Waals surface area contributed by atoms with Gasteiger partial charge in [-0.05, 0) is 25.7 Å². The Balaban J connectivity index is 1.83. The summed E-state index contributed by atoms with van der Waals surface area (Å²) in [4.78, 5) is 2.64. The lowest BCUT2D eigenvalue weighted by molar-refractivity contribution is 0.0247. The predicted molar refractivity (Wildman–Crippen MR) is 57.5 cm³/mol. The highest BCUT2D eigenvalue weighted by atomic mass is 16.5. The largest absolute Gasteiger partial charge is 0.381 e. The van der Waals surface area contributed by atoms with Crippen molar-refractivity contribution in [3.05, 3.63) is 0 Å². The van der Waals surface area contributed by atoms with E-state index in [1.54, 1.807) is 0 Å². The van der Waals surface area contributed by atoms with Crippen LogP contribution in [0.25, 0.3) is 0 Å². The van der Waals surface area contributed by atoms with Gasteiger partial charge in [0.2, 0.25) is 0 Å². The van der Waals surface area contributed by atoms with Crippen molar-refractivity contribution < 1.29 is 4.74 Å². The summed E-state index contributed by atoms with van der Waals surface area (Å²) in [5.41, 5.74) is 0. The van der Waals surface area contributed by atoms with E-state index < -0.39 is 0 Å². The molecule has 0 spiro atoms. The summed E-state index contributed by atoms with van der Waals surface area (Å²) >= 11 is 0. The molecule has 2 rings (SSSR count). The molecule has 1 N–H and O–H groups in total. The molecular weight excluding hydrogens is 176 g/mol. The van der Waals surface area contributed by atoms with E-state index in [1.165, 1.54) is 38.8 Å². The summed E-state index contributed by atoms with van der Waals surface area (Å²) in [6.07, 6.45) is 5.74. The van der Waals surface area contributed by atoms with Gasteiger partial charge in [-0.1, -0.05) is 0 Å². The number of hydrogen-bond acceptors (Lipinski definition) is 3. The predicted octanol–water partition coefficient (Wildman–Crippen LogP) is 0.849. The Hall–Kier alpha value is -0.120. The standard InChI is InChI=1S/C11H22N2O/c1-14-11-4-2-3-10(9-11)13-7-5-12-6-8-13/h10-12H,2-9H2,1H3. The van der Waals surface area contributed by atoms with Crippen molar-refractivity contribution in [3.63, 3.8) is 0 Å². The number of piperazine rings is 1. The van der Waals surface area contributed by atoms with Gasteiger partial charge in [-0.3, -0.25) is 4.90 Å². The zero-order chi connectivity index (χ0) is 9.80. The molecule has 1 aliphatic heterocycles. The van der Waals surface area contributed by atoms with E-state index in [1.807, 2.05) is 7.11 Å². The van der Waals surface area contributed by atoms with Crippen molar-refractivity contribution in [2.75, 3.05) is 33.3 Å². The molecule has 2 fully saturated rings. The number of hydrogen-bond donors (Lipinski definition) is 1. The molecule has 0 aromatic carbocycles. The molecule has 82 valence electrons. The quantitative estimate of drug-likeness (QED) is 0.712. The molecule has 0 bridgehead atoms. The van der Waals surface area contributed by atoms with Crippen LogP contribution in [0.1, 0.15) is 25.7 Å². The monoisotopic (exact) mass is 198 g/mol. The number of rotatable bonds is 2. The molecule has 3 heteroatoms. The molecule has 2 unspecified atom stereocenters. The number of methoxy groups -OCH3 is 1. The highest BCUT2D eigenvalue weighted by molar-refractivity contribution is 4.83. The normalized spacial score (nSPS) is 35.8. The van der Waals surface area contributed by atoms with Gasteiger partial charge in [-0.2, -0.15) is 0 Å². The molecule has 14 heavy (non-hydrogen) atoms. The van der Waals surface area contributed by atoms with Gasteiger partial charge in [0.05, 0.1) is 6.10 Å². The van der Waals surface area contributed by atoms with E-state index in [0.29, 0.717) is 6.10 Å². The van der Waals surface area contributed by atoms with Crippen LogP contribution in [0.5, 0.6) is 0 Å². The van der Waals surface area contributed by atoms with Gasteiger partial charge in [0.1, 0.15) is 0 Å². The summed E-state index contributed by atoms with van der Waals surface area (Å²) in [6, 6.07) is 0.788. The van der Waals surface area contributed by atoms with Crippen molar-refractivity contribution >= 4 is 0 Å². The van der Waals surface area contributed by atoms with Crippen molar-refractivity contribution in [2.45, 2.75) is 37.8 Å². The van der Waals surface area contributed by atoms with Gasteiger partial charge in [0, 0.05) is 39.3 Å². The minimum Gasteiger partial charge on any atom is -0.381 e. The van der Waals surface area contributed by atoms with E-state index in [-0.39, 0.29) is 0 Å². The topological polar surface area (TPSA) is 24.5 Å². The second-order valence-corrected chi connectivity index (χ2v) is 4.46. The molecular formula is C11H22N2O. The maximum absolute atomic E-state index is 5.47. The Morgan fingerprint density at radius 1 is 1.21 bits per heavy atom. The van der Waals surface area contributed by atoms with Crippen LogP contribution in [-0.2, 0) is 4.74 Å². The molecule has 1 saturated heterocycles. The summed E-state index contributed by atoms with van der Waals surface area (Å²) in [7, 11) is 1.85. The van der Waals surface area contributed by atoms with E-state index in [0.717, 1.165) is 19.1 Å². The van der Waals surface area contributed by atoms with Gasteiger partial charge in [-0.15, -0.1) is 0 Å². The second kappa shape index (κ2) is 5.10. The van der Waals surface area contributed by atoms with Gasteiger partial charge in [0.15, 0.2) is 0 Å². The number of nitrogens with zero attached hydrogens (tertiary/aromatic N) is 1. The smallest absolute Gasteiger partial charge is 0.0586 e. The third-order valence-electron chi connectivity index (χ3n) is 3.60. The molecule has 1 aliphatic carbocycles. The molecule has 0 aromatic rings. The first-order valence-electron chi connectivity index (χ1n) is 5.87. The lowest BCUT2D eigenvalue weighted by atomic mass is 9.91. The minimum atomic E-state index is 0.517. The highest BCUT2D eigenvalue weighted by Gasteiger charge is 2.27. The van der Waals surface area contributed by atoms with Crippen LogP contribution < -0.4 is 5.32 Å². The molecule has 1 saturated carbocycles. The van der Waals surface area contributed by atoms with Crippen LogP contribution in [0.2, 0.25) is 0 Å². The van der Waals surface area contributed by atoms with Crippen molar-refractivity contribution in [3.8, 4) is 0 Å². The van der Waals surface area contributed by atoms with Crippen LogP contribution >= 0.6 is 0 Å². The van der Waals surface area contributed by atoms with Crippen LogP contribution in [0.4, 0.5) is 0 Å². The van der Waals surface area contributed by atoms with Gasteiger partial charge >= 0.3 is 0 Å². The van der Waals surface area contributed by atoms with Crippen molar-refractivity contribution in [1.29, 1.82) is 0 Å². The fourth-order valence-electron chi connectivity index (χ4n) is 2.71. The Morgan fingerprint density at radius 2 is 2.00 bits per heavy atom. The fraction of sp³-hybridized carbons (Fsp3) is 1.00. The summed E-state index contributed by atoms with van der Waals surface area (Å²) in [6.45, 7) is 4.77. The van der Waals surface area contributed by atoms with E-state index in [4.69, 9.17) is 4.74 Å². The van der Waals surface area contributed by atoms with E-state index in [9.17, 15) is 0 Å². The maximum atomic E-state index is 5.47. The minimum absolute atomic E-state index is 0.517. The van der Waals surface area contributed by atoms with Crippen LogP contribution in [0.15, 0.2) is 0 Å². The first kappa shape index (κ1) is 10.4. The Kier molecular flexibility index (Phi) is 3.79. The average Bonchev–Trinajstić information content (AvgIpc) is 2.30. The van der Waals surface area contributed by atoms with Crippen LogP contribution in [-0.4, -0.2) is 50.3 Å². The van der Waals surface area contributed by atoms with Crippen molar-refractivity contribution in [1.82, 2.24) is 10.2 Å². The van der Waals surface area contributed by atoms with Gasteiger partial charge in [0.25, 0.3) is 0 Å². The first-order chi connectivity index (χ1) is 6.90. The number of nitrogens with one attached hydrogen (secondary N) is 1. The summed E-state index contributed by atoms with van der Waals surface area (Å²) < 4.78 is 5.47. The molecule has 1 heterocycles. The molecule has 3 nitrogen and oxygen atoms in total. The van der Waals surface area contributed by atoms with Gasteiger partial charge in [-0.25, -0.2) is 0 Å². The first-order valence-corrected chi connectivity index (χ1v) is 5.87. The lowest BCUT2D eigenvalue weighted by Crippen LogP contribution is -2.50. The highest BCUT2D eigenvalue weighted by Crippen LogP contribution is 2.24. The molecule has 2 atom stereocenters. The lowest BCUT2D eigenvalue weighted by Gasteiger charge is -2.39. The van der Waals surface area contributed by atoms with Crippen LogP contribution in [0.3, 0.4) is 0 Å². The molecule has 0 radical (unpaired) electrons. The fourth-order valence-corrected chi connectivity index (χ4v) is 2.71. The molecule has 0 amide bonds. The molecule has 2 aliphatic rings. The maximum Gasteiger partial charge on any atom is 0.0586 e. The SMILES string of the molecule is COC1CCCC(N2CCNCC2)C1. The zero-order valence-electron chi connectivity index (χ0n) is 9.17. The Bertz CT molecular complexity index is 169. The Morgan fingerprint density at radius 3 is 2.71 bits per heavy atom. The summed E-state index contributed by atoms with van der Waals surface area (Å²) in [5.74, 6) is 0. The summed E-state index contributed by atoms with van der Waals surface area (Å²) in [5, 5.41) is 3.41. The van der Waals surface area contributed by atoms with Crippen molar-refractivity contribution in [2.24, 2.45) is 0 Å². The third kappa shape index (κ3) is 2.47. The molecule has 0 aromatic heterocycles. The second-order valence-electron chi connectivity index (χ2n) is 4.46. The van der Waals surface area contributed by atoms with Gasteiger partial charge < -0.3 is 10.1 Å². The Labute approximate surface area is 86.8 Å². The average molecular weight is 198 g/mol. The number of ether oxygens (including phenoxy) is 1. The van der Waals surface area contributed by atoms with Crippen LogP contribution in [0, 0.1) is 0 Å². The zero-order valence-corrected chi connectivity index (χ0v) is 9.17.